The van der Waals surface area contributed by atoms with Crippen LogP contribution in [0.15, 0.2) is 36.4 Å². The third kappa shape index (κ3) is 2.25. The Labute approximate surface area is 129 Å². The molecule has 3 N–H and O–H groups in total. The van der Waals surface area contributed by atoms with Crippen LogP contribution in [0.25, 0.3) is 0 Å². The van der Waals surface area contributed by atoms with E-state index in [-0.39, 0.29) is 22.7 Å². The smallest absolute Gasteiger partial charge is 0.136 e. The summed E-state index contributed by atoms with van der Waals surface area (Å²) in [4.78, 5) is 0. The van der Waals surface area contributed by atoms with E-state index >= 15 is 0 Å². The van der Waals surface area contributed by atoms with Gasteiger partial charge in [-0.2, -0.15) is 0 Å². The van der Waals surface area contributed by atoms with Crippen molar-refractivity contribution in [1.82, 2.24) is 0 Å². The van der Waals surface area contributed by atoms with Crippen molar-refractivity contribution in [2.75, 3.05) is 0 Å². The molecule has 0 radical (unpaired) electrons. The van der Waals surface area contributed by atoms with E-state index in [9.17, 15) is 15.3 Å². The van der Waals surface area contributed by atoms with E-state index in [4.69, 9.17) is 4.74 Å². The first-order chi connectivity index (χ1) is 10.2. The van der Waals surface area contributed by atoms with Gasteiger partial charge in [0.05, 0.1) is 0 Å². The number of benzene rings is 2. The lowest BCUT2D eigenvalue weighted by atomic mass is 9.71. The second-order valence-electron chi connectivity index (χ2n) is 6.78. The summed E-state index contributed by atoms with van der Waals surface area (Å²) >= 11 is 0. The second-order valence-corrected chi connectivity index (χ2v) is 6.78. The SMILES string of the molecule is CC1(C)CC(C)(c2ccc(O)cc2O)Oc2cc(O)ccc21. The molecule has 0 aliphatic carbocycles. The molecular weight excluding hydrogens is 280 g/mol. The van der Waals surface area contributed by atoms with Gasteiger partial charge in [0.15, 0.2) is 0 Å². The number of fused-ring (bicyclic) bond motifs is 1. The highest BCUT2D eigenvalue weighted by atomic mass is 16.5. The molecule has 1 aliphatic rings. The van der Waals surface area contributed by atoms with Crippen LogP contribution in [0.5, 0.6) is 23.0 Å². The van der Waals surface area contributed by atoms with Gasteiger partial charge in [0.1, 0.15) is 28.6 Å². The van der Waals surface area contributed by atoms with Crippen molar-refractivity contribution in [2.45, 2.75) is 38.2 Å². The lowest BCUT2D eigenvalue weighted by molar-refractivity contribution is 0.0302. The Morgan fingerprint density at radius 3 is 2.09 bits per heavy atom. The molecule has 0 aromatic heterocycles. The minimum absolute atomic E-state index is 0.00176. The Hall–Kier alpha value is -2.36. The van der Waals surface area contributed by atoms with Crippen LogP contribution < -0.4 is 4.74 Å². The Morgan fingerprint density at radius 2 is 1.45 bits per heavy atom. The molecule has 1 heterocycles. The van der Waals surface area contributed by atoms with Gasteiger partial charge >= 0.3 is 0 Å². The fourth-order valence-electron chi connectivity index (χ4n) is 3.49. The van der Waals surface area contributed by atoms with Gasteiger partial charge in [-0.15, -0.1) is 0 Å². The van der Waals surface area contributed by atoms with Crippen molar-refractivity contribution in [3.8, 4) is 23.0 Å². The lowest BCUT2D eigenvalue weighted by Crippen LogP contribution is -2.41. The van der Waals surface area contributed by atoms with Crippen LogP contribution in [0.2, 0.25) is 0 Å². The van der Waals surface area contributed by atoms with Crippen molar-refractivity contribution in [2.24, 2.45) is 0 Å². The Bertz CT molecular complexity index is 736. The maximum absolute atomic E-state index is 10.2. The zero-order chi connectivity index (χ0) is 16.1. The first-order valence-electron chi connectivity index (χ1n) is 7.26. The average molecular weight is 300 g/mol. The summed E-state index contributed by atoms with van der Waals surface area (Å²) in [7, 11) is 0. The van der Waals surface area contributed by atoms with Crippen molar-refractivity contribution in [3.63, 3.8) is 0 Å². The number of aromatic hydroxyl groups is 3. The summed E-state index contributed by atoms with van der Waals surface area (Å²) in [6.45, 7) is 6.13. The first-order valence-corrected chi connectivity index (χ1v) is 7.26. The maximum atomic E-state index is 10.2. The fraction of sp³-hybridized carbons (Fsp3) is 0.333. The van der Waals surface area contributed by atoms with Crippen LogP contribution in [0.3, 0.4) is 0 Å². The maximum Gasteiger partial charge on any atom is 0.136 e. The number of phenols is 3. The highest BCUT2D eigenvalue weighted by molar-refractivity contribution is 5.50. The number of rotatable bonds is 1. The van der Waals surface area contributed by atoms with E-state index in [2.05, 4.69) is 13.8 Å². The van der Waals surface area contributed by atoms with Gasteiger partial charge in [-0.3, -0.25) is 0 Å². The minimum Gasteiger partial charge on any atom is -0.508 e. The van der Waals surface area contributed by atoms with Gasteiger partial charge in [-0.25, -0.2) is 0 Å². The van der Waals surface area contributed by atoms with Crippen LogP contribution in [0.1, 0.15) is 38.3 Å². The molecule has 1 atom stereocenters. The monoisotopic (exact) mass is 300 g/mol. The topological polar surface area (TPSA) is 69.9 Å². The van der Waals surface area contributed by atoms with E-state index in [0.717, 1.165) is 5.56 Å². The zero-order valence-electron chi connectivity index (χ0n) is 12.9. The molecule has 0 fully saturated rings. The molecule has 0 spiro atoms. The molecule has 4 nitrogen and oxygen atoms in total. The van der Waals surface area contributed by atoms with Crippen molar-refractivity contribution in [1.29, 1.82) is 0 Å². The summed E-state index contributed by atoms with van der Waals surface area (Å²) < 4.78 is 6.14. The second kappa shape index (κ2) is 4.57. The molecular formula is C18H20O4. The van der Waals surface area contributed by atoms with Crippen LogP contribution in [0, 0.1) is 0 Å². The molecule has 0 saturated heterocycles. The highest BCUT2D eigenvalue weighted by Gasteiger charge is 2.44. The predicted molar refractivity (Wildman–Crippen MR) is 83.5 cm³/mol. The van der Waals surface area contributed by atoms with Crippen LogP contribution in [-0.2, 0) is 11.0 Å². The molecule has 116 valence electrons. The Balaban J connectivity index is 2.13. The summed E-state index contributed by atoms with van der Waals surface area (Å²) in [5.41, 5.74) is 0.719. The molecule has 1 unspecified atom stereocenters. The molecule has 1 aliphatic heterocycles. The van der Waals surface area contributed by atoms with Crippen LogP contribution in [0.4, 0.5) is 0 Å². The molecule has 4 heteroatoms. The van der Waals surface area contributed by atoms with Gasteiger partial charge < -0.3 is 20.1 Å². The zero-order valence-corrected chi connectivity index (χ0v) is 12.9. The van der Waals surface area contributed by atoms with E-state index < -0.39 is 5.60 Å². The number of ether oxygens (including phenoxy) is 1. The largest absolute Gasteiger partial charge is 0.508 e. The Morgan fingerprint density at radius 1 is 0.864 bits per heavy atom. The minimum atomic E-state index is -0.748. The third-order valence-electron chi connectivity index (χ3n) is 4.36. The molecule has 2 aromatic rings. The van der Waals surface area contributed by atoms with Crippen molar-refractivity contribution < 1.29 is 20.1 Å². The molecule has 0 saturated carbocycles. The summed E-state index contributed by atoms with van der Waals surface area (Å²) in [6, 6.07) is 9.66. The standard InChI is InChI=1S/C18H20O4/c1-17(2)10-18(3,13-6-4-11(19)8-15(13)21)22-16-9-12(20)5-7-14(16)17/h4-9,19-21H,10H2,1-3H3. The molecule has 0 amide bonds. The van der Waals surface area contributed by atoms with Gasteiger partial charge in [0.25, 0.3) is 0 Å². The predicted octanol–water partition coefficient (Wildman–Crippen LogP) is 3.78. The van der Waals surface area contributed by atoms with Crippen molar-refractivity contribution in [3.05, 3.63) is 47.5 Å². The van der Waals surface area contributed by atoms with E-state index in [1.807, 2.05) is 13.0 Å². The quantitative estimate of drug-likeness (QED) is 0.749. The van der Waals surface area contributed by atoms with E-state index in [1.54, 1.807) is 18.2 Å². The van der Waals surface area contributed by atoms with Gasteiger partial charge in [-0.05, 0) is 30.5 Å². The normalized spacial score (nSPS) is 22.7. The number of hydrogen-bond donors (Lipinski definition) is 3. The first kappa shape index (κ1) is 14.6. The summed E-state index contributed by atoms with van der Waals surface area (Å²) in [5.74, 6) is 0.778. The number of hydrogen-bond acceptors (Lipinski definition) is 4. The highest BCUT2D eigenvalue weighted by Crippen LogP contribution is 2.51. The van der Waals surface area contributed by atoms with E-state index in [1.165, 1.54) is 12.1 Å². The van der Waals surface area contributed by atoms with Crippen LogP contribution >= 0.6 is 0 Å². The molecule has 0 bridgehead atoms. The molecule has 2 aromatic carbocycles. The third-order valence-corrected chi connectivity index (χ3v) is 4.36. The summed E-state index contributed by atoms with van der Waals surface area (Å²) in [6.07, 6.45) is 0.663. The number of phenolic OH excluding ortho intramolecular Hbond substituents is 3. The van der Waals surface area contributed by atoms with Crippen molar-refractivity contribution >= 4 is 0 Å². The van der Waals surface area contributed by atoms with E-state index in [0.29, 0.717) is 17.7 Å². The lowest BCUT2D eigenvalue weighted by Gasteiger charge is -2.44. The van der Waals surface area contributed by atoms with Gasteiger partial charge in [-0.1, -0.05) is 19.9 Å². The molecule has 3 rings (SSSR count). The van der Waals surface area contributed by atoms with Gasteiger partial charge in [0.2, 0.25) is 0 Å². The van der Waals surface area contributed by atoms with Crippen LogP contribution in [-0.4, -0.2) is 15.3 Å². The Kier molecular flexibility index (Phi) is 3.02. The average Bonchev–Trinajstić information content (AvgIpc) is 2.35. The fourth-order valence-corrected chi connectivity index (χ4v) is 3.49. The summed E-state index contributed by atoms with van der Waals surface area (Å²) in [5, 5.41) is 29.4. The molecule has 22 heavy (non-hydrogen) atoms. The van der Waals surface area contributed by atoms with Gasteiger partial charge in [0, 0.05) is 29.7 Å².